The van der Waals surface area contributed by atoms with Crippen molar-refractivity contribution in [1.29, 1.82) is 0 Å². The molecule has 1 amide bonds. The number of methoxy groups -OCH3 is 1. The third-order valence-electron chi connectivity index (χ3n) is 5.46. The van der Waals surface area contributed by atoms with E-state index in [1.54, 1.807) is 31.2 Å². The lowest BCUT2D eigenvalue weighted by Gasteiger charge is -2.27. The molecule has 38 heavy (non-hydrogen) atoms. The van der Waals surface area contributed by atoms with Crippen LogP contribution in [0.4, 0.5) is 4.39 Å². The van der Waals surface area contributed by atoms with E-state index in [0.29, 0.717) is 11.3 Å². The summed E-state index contributed by atoms with van der Waals surface area (Å²) in [6.45, 7) is 6.19. The van der Waals surface area contributed by atoms with Crippen LogP contribution in [-0.2, 0) is 14.3 Å². The van der Waals surface area contributed by atoms with Crippen molar-refractivity contribution < 1.29 is 37.7 Å². The number of nitrogens with one attached hydrogen (secondary N) is 1. The Labute approximate surface area is 219 Å². The molecule has 0 unspecified atom stereocenters. The highest BCUT2D eigenvalue weighted by Gasteiger charge is 2.29. The first-order valence-corrected chi connectivity index (χ1v) is 11.8. The van der Waals surface area contributed by atoms with Crippen molar-refractivity contribution in [3.8, 4) is 17.2 Å². The number of aryl methyl sites for hydroxylation is 1. The lowest BCUT2D eigenvalue weighted by molar-refractivity contribution is -0.154. The standard InChI is InChI=1S/C28H29FN2O7/c1-16-6-12-22(13-7-16)38-25(20-8-10-21(29)11-9-20)18(3)36-28(34)17(2)31-27(33)24-26(37-19(4)32)23(35-5)14-15-30-24/h6-15,17-18,25H,1-5H3,(H,31,33)/t17-,18-,25-/m0/s1. The van der Waals surface area contributed by atoms with Gasteiger partial charge in [-0.1, -0.05) is 29.8 Å². The normalized spacial score (nSPS) is 13.0. The molecule has 0 saturated carbocycles. The van der Waals surface area contributed by atoms with Crippen LogP contribution >= 0.6 is 0 Å². The molecule has 0 aliphatic heterocycles. The molecule has 0 aliphatic carbocycles. The van der Waals surface area contributed by atoms with Crippen LogP contribution in [0.5, 0.6) is 17.2 Å². The van der Waals surface area contributed by atoms with Gasteiger partial charge >= 0.3 is 11.9 Å². The van der Waals surface area contributed by atoms with Gasteiger partial charge in [0, 0.05) is 19.2 Å². The molecule has 1 heterocycles. The fourth-order valence-corrected chi connectivity index (χ4v) is 3.52. The van der Waals surface area contributed by atoms with Crippen LogP contribution in [0.15, 0.2) is 60.8 Å². The number of hydrogen-bond acceptors (Lipinski definition) is 8. The highest BCUT2D eigenvalue weighted by Crippen LogP contribution is 2.30. The third-order valence-corrected chi connectivity index (χ3v) is 5.46. The first-order valence-electron chi connectivity index (χ1n) is 11.8. The van der Waals surface area contributed by atoms with Gasteiger partial charge in [-0.2, -0.15) is 0 Å². The Morgan fingerprint density at radius 2 is 1.63 bits per heavy atom. The molecular formula is C28H29FN2O7. The maximum Gasteiger partial charge on any atom is 0.328 e. The molecule has 3 aromatic rings. The van der Waals surface area contributed by atoms with Gasteiger partial charge in [-0.25, -0.2) is 14.2 Å². The molecule has 1 aromatic heterocycles. The number of amides is 1. The highest BCUT2D eigenvalue weighted by molar-refractivity contribution is 5.98. The van der Waals surface area contributed by atoms with Crippen LogP contribution in [0.25, 0.3) is 0 Å². The number of nitrogens with zero attached hydrogens (tertiary/aromatic N) is 1. The predicted octanol–water partition coefficient (Wildman–Crippen LogP) is 4.33. The number of benzene rings is 2. The van der Waals surface area contributed by atoms with Crippen molar-refractivity contribution in [2.75, 3.05) is 7.11 Å². The minimum absolute atomic E-state index is 0.125. The summed E-state index contributed by atoms with van der Waals surface area (Å²) in [4.78, 5) is 41.3. The molecule has 10 heteroatoms. The lowest BCUT2D eigenvalue weighted by atomic mass is 10.0. The number of halogens is 1. The van der Waals surface area contributed by atoms with E-state index in [1.807, 2.05) is 19.1 Å². The second kappa shape index (κ2) is 12.7. The number of pyridine rings is 1. The maximum atomic E-state index is 13.5. The van der Waals surface area contributed by atoms with Gasteiger partial charge in [-0.05, 0) is 50.6 Å². The molecule has 0 radical (unpaired) electrons. The number of hydrogen-bond donors (Lipinski definition) is 1. The average Bonchev–Trinajstić information content (AvgIpc) is 2.88. The van der Waals surface area contributed by atoms with Gasteiger partial charge in [0.25, 0.3) is 5.91 Å². The number of rotatable bonds is 10. The SMILES string of the molecule is COc1ccnc(C(=O)N[C@@H](C)C(=O)O[C@@H](C)[C@H](Oc2ccc(C)cc2)c2ccc(F)cc2)c1OC(C)=O. The first-order chi connectivity index (χ1) is 18.1. The van der Waals surface area contributed by atoms with E-state index in [0.717, 1.165) is 5.56 Å². The van der Waals surface area contributed by atoms with E-state index in [2.05, 4.69) is 10.3 Å². The zero-order valence-corrected chi connectivity index (χ0v) is 21.7. The van der Waals surface area contributed by atoms with Crippen LogP contribution in [0.3, 0.4) is 0 Å². The molecule has 9 nitrogen and oxygen atoms in total. The van der Waals surface area contributed by atoms with Crippen molar-refractivity contribution in [3.05, 3.63) is 83.4 Å². The molecule has 0 fully saturated rings. The summed E-state index contributed by atoms with van der Waals surface area (Å²) in [5, 5.41) is 2.50. The molecule has 1 N–H and O–H groups in total. The van der Waals surface area contributed by atoms with Gasteiger partial charge in [0.2, 0.25) is 5.75 Å². The average molecular weight is 525 g/mol. The fraction of sp³-hybridized carbons (Fsp3) is 0.286. The smallest absolute Gasteiger partial charge is 0.328 e. The van der Waals surface area contributed by atoms with E-state index < -0.39 is 41.9 Å². The Kier molecular flexibility index (Phi) is 9.37. The molecule has 0 saturated heterocycles. The molecule has 3 rings (SSSR count). The zero-order valence-electron chi connectivity index (χ0n) is 21.7. The molecule has 0 aliphatic rings. The Morgan fingerprint density at radius 3 is 2.24 bits per heavy atom. The number of esters is 2. The van der Waals surface area contributed by atoms with Crippen LogP contribution in [0, 0.1) is 12.7 Å². The quantitative estimate of drug-likeness (QED) is 0.390. The molecule has 0 bridgehead atoms. The summed E-state index contributed by atoms with van der Waals surface area (Å²) in [5.41, 5.74) is 1.40. The largest absolute Gasteiger partial charge is 0.493 e. The Morgan fingerprint density at radius 1 is 0.974 bits per heavy atom. The Balaban J connectivity index is 1.75. The fourth-order valence-electron chi connectivity index (χ4n) is 3.52. The van der Waals surface area contributed by atoms with E-state index in [4.69, 9.17) is 18.9 Å². The highest BCUT2D eigenvalue weighted by atomic mass is 19.1. The summed E-state index contributed by atoms with van der Waals surface area (Å²) in [5.74, 6) is -2.12. The molecule has 0 spiro atoms. The van der Waals surface area contributed by atoms with Crippen LogP contribution in [-0.4, -0.2) is 42.1 Å². The topological polar surface area (TPSA) is 113 Å². The molecular weight excluding hydrogens is 495 g/mol. The summed E-state index contributed by atoms with van der Waals surface area (Å²) in [7, 11) is 1.35. The number of carbonyl (C=O) groups is 3. The second-order valence-electron chi connectivity index (χ2n) is 8.52. The molecule has 3 atom stereocenters. The first kappa shape index (κ1) is 28.1. The Bertz CT molecular complexity index is 1280. The molecule has 200 valence electrons. The van der Waals surface area contributed by atoms with Gasteiger partial charge in [0.05, 0.1) is 7.11 Å². The summed E-state index contributed by atoms with van der Waals surface area (Å²) in [6, 6.07) is 13.3. The van der Waals surface area contributed by atoms with Crippen LogP contribution in [0.1, 0.15) is 48.5 Å². The van der Waals surface area contributed by atoms with E-state index in [9.17, 15) is 18.8 Å². The summed E-state index contributed by atoms with van der Waals surface area (Å²) >= 11 is 0. The minimum atomic E-state index is -1.10. The van der Waals surface area contributed by atoms with Crippen molar-refractivity contribution in [2.24, 2.45) is 0 Å². The zero-order chi connectivity index (χ0) is 27.8. The van der Waals surface area contributed by atoms with Crippen molar-refractivity contribution >= 4 is 17.8 Å². The van der Waals surface area contributed by atoms with Crippen LogP contribution < -0.4 is 19.5 Å². The van der Waals surface area contributed by atoms with Crippen molar-refractivity contribution in [1.82, 2.24) is 10.3 Å². The Hall–Kier alpha value is -4.47. The number of ether oxygens (including phenoxy) is 4. The summed E-state index contributed by atoms with van der Waals surface area (Å²) < 4.78 is 35.5. The van der Waals surface area contributed by atoms with Gasteiger partial charge in [-0.15, -0.1) is 0 Å². The van der Waals surface area contributed by atoms with Crippen molar-refractivity contribution in [3.63, 3.8) is 0 Å². The van der Waals surface area contributed by atoms with Crippen molar-refractivity contribution in [2.45, 2.75) is 45.9 Å². The lowest BCUT2D eigenvalue weighted by Crippen LogP contribution is -2.42. The van der Waals surface area contributed by atoms with E-state index in [-0.39, 0.29) is 17.2 Å². The minimum Gasteiger partial charge on any atom is -0.493 e. The predicted molar refractivity (Wildman–Crippen MR) is 136 cm³/mol. The number of aromatic nitrogens is 1. The van der Waals surface area contributed by atoms with E-state index in [1.165, 1.54) is 45.4 Å². The maximum absolute atomic E-state index is 13.5. The third kappa shape index (κ3) is 7.28. The van der Waals surface area contributed by atoms with Gasteiger partial charge < -0.3 is 24.3 Å². The van der Waals surface area contributed by atoms with Crippen LogP contribution in [0.2, 0.25) is 0 Å². The van der Waals surface area contributed by atoms with Gasteiger partial charge in [0.1, 0.15) is 23.7 Å². The van der Waals surface area contributed by atoms with E-state index >= 15 is 0 Å². The molecule has 2 aromatic carbocycles. The van der Waals surface area contributed by atoms with Gasteiger partial charge in [-0.3, -0.25) is 9.59 Å². The monoisotopic (exact) mass is 524 g/mol. The van der Waals surface area contributed by atoms with Gasteiger partial charge in [0.15, 0.2) is 17.5 Å². The summed E-state index contributed by atoms with van der Waals surface area (Å²) in [6.07, 6.45) is -0.275. The second-order valence-corrected chi connectivity index (χ2v) is 8.52. The number of carbonyl (C=O) groups excluding carboxylic acids is 3.